The van der Waals surface area contributed by atoms with E-state index in [1.807, 2.05) is 13.8 Å². The average Bonchev–Trinajstić information content (AvgIpc) is 2.22. The second kappa shape index (κ2) is 6.43. The standard InChI is InChI=1S/C15H24N2O/c1-10(2)6-7-16-15(18)17-14-12(4)8-11(3)9-13(14)5/h8-10H,6-7H2,1-5H3,(H2,16,17,18). The van der Waals surface area contributed by atoms with Gasteiger partial charge in [-0.3, -0.25) is 0 Å². The molecule has 0 aliphatic heterocycles. The van der Waals surface area contributed by atoms with Gasteiger partial charge in [-0.2, -0.15) is 0 Å². The summed E-state index contributed by atoms with van der Waals surface area (Å²) < 4.78 is 0. The molecule has 0 aliphatic carbocycles. The molecule has 100 valence electrons. The van der Waals surface area contributed by atoms with Crippen molar-refractivity contribution in [1.82, 2.24) is 5.32 Å². The van der Waals surface area contributed by atoms with E-state index in [1.165, 1.54) is 5.56 Å². The molecular weight excluding hydrogens is 224 g/mol. The summed E-state index contributed by atoms with van der Waals surface area (Å²) in [7, 11) is 0. The van der Waals surface area contributed by atoms with Gasteiger partial charge in [-0.15, -0.1) is 0 Å². The first-order valence-electron chi connectivity index (χ1n) is 6.53. The van der Waals surface area contributed by atoms with Gasteiger partial charge in [0.25, 0.3) is 0 Å². The summed E-state index contributed by atoms with van der Waals surface area (Å²) in [4.78, 5) is 11.8. The van der Waals surface area contributed by atoms with Crippen LogP contribution in [0.25, 0.3) is 0 Å². The molecule has 0 fully saturated rings. The van der Waals surface area contributed by atoms with E-state index in [1.54, 1.807) is 0 Å². The van der Waals surface area contributed by atoms with E-state index in [9.17, 15) is 4.79 Å². The highest BCUT2D eigenvalue weighted by atomic mass is 16.2. The molecule has 0 unspecified atom stereocenters. The summed E-state index contributed by atoms with van der Waals surface area (Å²) in [5, 5.41) is 5.81. The second-order valence-electron chi connectivity index (χ2n) is 5.34. The third-order valence-electron chi connectivity index (χ3n) is 2.92. The van der Waals surface area contributed by atoms with Crippen LogP contribution in [0.5, 0.6) is 0 Å². The topological polar surface area (TPSA) is 41.1 Å². The second-order valence-corrected chi connectivity index (χ2v) is 5.34. The molecule has 0 aliphatic rings. The van der Waals surface area contributed by atoms with Crippen LogP contribution in [-0.2, 0) is 0 Å². The van der Waals surface area contributed by atoms with Crippen LogP contribution in [0, 0.1) is 26.7 Å². The summed E-state index contributed by atoms with van der Waals surface area (Å²) in [6.07, 6.45) is 0.999. The molecule has 0 atom stereocenters. The summed E-state index contributed by atoms with van der Waals surface area (Å²) in [6.45, 7) is 11.1. The zero-order chi connectivity index (χ0) is 13.7. The normalized spacial score (nSPS) is 10.6. The molecule has 2 N–H and O–H groups in total. The van der Waals surface area contributed by atoms with E-state index in [2.05, 4.69) is 43.5 Å². The zero-order valence-electron chi connectivity index (χ0n) is 12.1. The van der Waals surface area contributed by atoms with Crippen LogP contribution in [0.4, 0.5) is 10.5 Å². The number of benzene rings is 1. The molecule has 1 rings (SSSR count). The predicted molar refractivity (Wildman–Crippen MR) is 77.1 cm³/mol. The number of urea groups is 1. The lowest BCUT2D eigenvalue weighted by molar-refractivity contribution is 0.251. The third kappa shape index (κ3) is 4.40. The number of anilines is 1. The molecule has 0 saturated carbocycles. The van der Waals surface area contributed by atoms with Gasteiger partial charge in [-0.25, -0.2) is 4.79 Å². The van der Waals surface area contributed by atoms with Crippen molar-refractivity contribution in [3.05, 3.63) is 28.8 Å². The highest BCUT2D eigenvalue weighted by molar-refractivity contribution is 5.91. The first-order valence-corrected chi connectivity index (χ1v) is 6.53. The Balaban J connectivity index is 2.59. The molecule has 0 aromatic heterocycles. The first kappa shape index (κ1) is 14.6. The van der Waals surface area contributed by atoms with Crippen molar-refractivity contribution >= 4 is 11.7 Å². The van der Waals surface area contributed by atoms with E-state index in [0.717, 1.165) is 23.2 Å². The first-order chi connectivity index (χ1) is 8.40. The number of carbonyl (C=O) groups is 1. The lowest BCUT2D eigenvalue weighted by Crippen LogP contribution is -2.30. The quantitative estimate of drug-likeness (QED) is 0.836. The fourth-order valence-electron chi connectivity index (χ4n) is 2.01. The Morgan fingerprint density at radius 1 is 1.17 bits per heavy atom. The molecule has 18 heavy (non-hydrogen) atoms. The number of hydrogen-bond acceptors (Lipinski definition) is 1. The maximum atomic E-state index is 11.8. The van der Waals surface area contributed by atoms with Crippen molar-refractivity contribution in [3.8, 4) is 0 Å². The van der Waals surface area contributed by atoms with E-state index < -0.39 is 0 Å². The SMILES string of the molecule is Cc1cc(C)c(NC(=O)NCCC(C)C)c(C)c1. The molecule has 1 aromatic carbocycles. The monoisotopic (exact) mass is 248 g/mol. The molecule has 0 bridgehead atoms. The largest absolute Gasteiger partial charge is 0.338 e. The minimum atomic E-state index is -0.120. The molecule has 0 spiro atoms. The van der Waals surface area contributed by atoms with E-state index in [0.29, 0.717) is 12.5 Å². The summed E-state index contributed by atoms with van der Waals surface area (Å²) in [6, 6.07) is 4.04. The van der Waals surface area contributed by atoms with Crippen LogP contribution < -0.4 is 10.6 Å². The smallest absolute Gasteiger partial charge is 0.319 e. The van der Waals surface area contributed by atoms with Crippen LogP contribution in [-0.4, -0.2) is 12.6 Å². The Morgan fingerprint density at radius 3 is 2.22 bits per heavy atom. The van der Waals surface area contributed by atoms with Crippen molar-refractivity contribution in [2.75, 3.05) is 11.9 Å². The van der Waals surface area contributed by atoms with Gasteiger partial charge < -0.3 is 10.6 Å². The predicted octanol–water partition coefficient (Wildman–Crippen LogP) is 3.78. The Morgan fingerprint density at radius 2 is 1.72 bits per heavy atom. The molecule has 0 heterocycles. The van der Waals surface area contributed by atoms with Gasteiger partial charge in [-0.1, -0.05) is 31.5 Å². The lowest BCUT2D eigenvalue weighted by atomic mass is 10.1. The number of aryl methyl sites for hydroxylation is 3. The van der Waals surface area contributed by atoms with Gasteiger partial charge in [0.05, 0.1) is 0 Å². The van der Waals surface area contributed by atoms with Crippen LogP contribution in [0.3, 0.4) is 0 Å². The van der Waals surface area contributed by atoms with Gasteiger partial charge in [0.15, 0.2) is 0 Å². The Kier molecular flexibility index (Phi) is 5.20. The minimum Gasteiger partial charge on any atom is -0.338 e. The highest BCUT2D eigenvalue weighted by Gasteiger charge is 2.07. The number of rotatable bonds is 4. The fraction of sp³-hybridized carbons (Fsp3) is 0.533. The van der Waals surface area contributed by atoms with Gasteiger partial charge in [-0.05, 0) is 44.2 Å². The molecule has 1 aromatic rings. The van der Waals surface area contributed by atoms with Gasteiger partial charge in [0.2, 0.25) is 0 Å². The molecule has 0 radical (unpaired) electrons. The van der Waals surface area contributed by atoms with Crippen molar-refractivity contribution < 1.29 is 4.79 Å². The maximum Gasteiger partial charge on any atom is 0.319 e. The minimum absolute atomic E-state index is 0.120. The van der Waals surface area contributed by atoms with E-state index in [4.69, 9.17) is 0 Å². The van der Waals surface area contributed by atoms with Gasteiger partial charge in [0, 0.05) is 12.2 Å². The van der Waals surface area contributed by atoms with E-state index in [-0.39, 0.29) is 6.03 Å². The van der Waals surface area contributed by atoms with Crippen LogP contribution in [0.2, 0.25) is 0 Å². The van der Waals surface area contributed by atoms with Crippen LogP contribution in [0.15, 0.2) is 12.1 Å². The Labute approximate surface area is 110 Å². The number of carbonyl (C=O) groups excluding carboxylic acids is 1. The molecule has 2 amide bonds. The van der Waals surface area contributed by atoms with Crippen LogP contribution >= 0.6 is 0 Å². The average molecular weight is 248 g/mol. The Bertz CT molecular complexity index is 401. The summed E-state index contributed by atoms with van der Waals surface area (Å²) >= 11 is 0. The molecule has 0 saturated heterocycles. The summed E-state index contributed by atoms with van der Waals surface area (Å²) in [5.74, 6) is 0.605. The third-order valence-corrected chi connectivity index (χ3v) is 2.92. The zero-order valence-corrected chi connectivity index (χ0v) is 12.1. The maximum absolute atomic E-state index is 11.8. The molecule has 3 heteroatoms. The summed E-state index contributed by atoms with van der Waals surface area (Å²) in [5.41, 5.74) is 4.34. The molecular formula is C15H24N2O. The lowest BCUT2D eigenvalue weighted by Gasteiger charge is -2.14. The number of hydrogen-bond donors (Lipinski definition) is 2. The van der Waals surface area contributed by atoms with Crippen molar-refractivity contribution in [3.63, 3.8) is 0 Å². The van der Waals surface area contributed by atoms with Gasteiger partial charge >= 0.3 is 6.03 Å². The molecule has 3 nitrogen and oxygen atoms in total. The van der Waals surface area contributed by atoms with E-state index >= 15 is 0 Å². The van der Waals surface area contributed by atoms with Gasteiger partial charge in [0.1, 0.15) is 0 Å². The number of nitrogens with one attached hydrogen (secondary N) is 2. The van der Waals surface area contributed by atoms with Crippen LogP contribution in [0.1, 0.15) is 37.0 Å². The fourth-order valence-corrected chi connectivity index (χ4v) is 2.01. The van der Waals surface area contributed by atoms with Crippen molar-refractivity contribution in [1.29, 1.82) is 0 Å². The van der Waals surface area contributed by atoms with Crippen molar-refractivity contribution in [2.24, 2.45) is 5.92 Å². The van der Waals surface area contributed by atoms with Crippen molar-refractivity contribution in [2.45, 2.75) is 41.0 Å². The number of amides is 2. The highest BCUT2D eigenvalue weighted by Crippen LogP contribution is 2.21. The Hall–Kier alpha value is -1.51.